The van der Waals surface area contributed by atoms with E-state index in [1.165, 1.54) is 0 Å². The van der Waals surface area contributed by atoms with Gasteiger partial charge in [0.25, 0.3) is 0 Å². The summed E-state index contributed by atoms with van der Waals surface area (Å²) in [5.41, 5.74) is -0.475. The van der Waals surface area contributed by atoms with Crippen molar-refractivity contribution in [1.82, 2.24) is 0 Å². The first-order valence-electron chi connectivity index (χ1n) is 3.96. The van der Waals surface area contributed by atoms with Gasteiger partial charge in [0.1, 0.15) is 0 Å². The molecule has 0 bridgehead atoms. The van der Waals surface area contributed by atoms with Crippen LogP contribution in [0.2, 0.25) is 0 Å². The van der Waals surface area contributed by atoms with Gasteiger partial charge in [0.05, 0.1) is 5.60 Å². The van der Waals surface area contributed by atoms with Gasteiger partial charge in [-0.25, -0.2) is 0 Å². The Kier molecular flexibility index (Phi) is 2.86. The summed E-state index contributed by atoms with van der Waals surface area (Å²) in [7, 11) is 0. The van der Waals surface area contributed by atoms with E-state index in [4.69, 9.17) is 6.42 Å². The average molecular weight is 170 g/mol. The van der Waals surface area contributed by atoms with Crippen LogP contribution < -0.4 is 0 Å². The standard InChI is InChI=1S/C9H14OS/c1-3-4-5-9(10)6-7-11-8(9)2/h1,8,10H,4-7H2,2H3. The van der Waals surface area contributed by atoms with Gasteiger partial charge >= 0.3 is 0 Å². The molecule has 1 fully saturated rings. The molecular formula is C9H14OS. The maximum Gasteiger partial charge on any atom is 0.0780 e. The van der Waals surface area contributed by atoms with Crippen LogP contribution in [-0.2, 0) is 0 Å². The molecule has 0 aliphatic carbocycles. The van der Waals surface area contributed by atoms with Crippen LogP contribution in [0.1, 0.15) is 26.2 Å². The van der Waals surface area contributed by atoms with Crippen molar-refractivity contribution in [1.29, 1.82) is 0 Å². The van der Waals surface area contributed by atoms with Crippen molar-refractivity contribution in [3.05, 3.63) is 0 Å². The van der Waals surface area contributed by atoms with E-state index in [9.17, 15) is 5.11 Å². The molecule has 2 unspecified atom stereocenters. The van der Waals surface area contributed by atoms with Crippen LogP contribution in [-0.4, -0.2) is 21.7 Å². The lowest BCUT2D eigenvalue weighted by Crippen LogP contribution is -2.34. The van der Waals surface area contributed by atoms with Gasteiger partial charge in [-0.05, 0) is 18.6 Å². The lowest BCUT2D eigenvalue weighted by atomic mass is 9.92. The van der Waals surface area contributed by atoms with Crippen molar-refractivity contribution in [3.63, 3.8) is 0 Å². The number of aliphatic hydroxyl groups is 1. The minimum absolute atomic E-state index is 0.357. The Morgan fingerprint density at radius 2 is 2.55 bits per heavy atom. The summed E-state index contributed by atoms with van der Waals surface area (Å²) in [4.78, 5) is 0. The Labute approximate surface area is 72.6 Å². The van der Waals surface area contributed by atoms with Crippen molar-refractivity contribution in [2.45, 2.75) is 37.0 Å². The summed E-state index contributed by atoms with van der Waals surface area (Å²) >= 11 is 1.84. The number of rotatable bonds is 2. The van der Waals surface area contributed by atoms with Gasteiger partial charge in [0.15, 0.2) is 0 Å². The first-order chi connectivity index (χ1) is 5.19. The Morgan fingerprint density at radius 1 is 1.82 bits per heavy atom. The van der Waals surface area contributed by atoms with Gasteiger partial charge in [0.2, 0.25) is 0 Å². The minimum atomic E-state index is -0.475. The van der Waals surface area contributed by atoms with E-state index < -0.39 is 5.60 Å². The first-order valence-corrected chi connectivity index (χ1v) is 5.01. The quantitative estimate of drug-likeness (QED) is 0.636. The topological polar surface area (TPSA) is 20.2 Å². The average Bonchev–Trinajstić information content (AvgIpc) is 2.30. The van der Waals surface area contributed by atoms with Crippen LogP contribution in [0.4, 0.5) is 0 Å². The number of hydrogen-bond acceptors (Lipinski definition) is 2. The molecule has 0 spiro atoms. The predicted molar refractivity (Wildman–Crippen MR) is 49.6 cm³/mol. The molecule has 0 aromatic heterocycles. The lowest BCUT2D eigenvalue weighted by Gasteiger charge is -2.25. The van der Waals surface area contributed by atoms with Gasteiger partial charge in [0, 0.05) is 11.7 Å². The summed E-state index contributed by atoms with van der Waals surface area (Å²) in [6.45, 7) is 2.08. The van der Waals surface area contributed by atoms with E-state index in [0.717, 1.165) is 18.6 Å². The normalized spacial score (nSPS) is 37.0. The van der Waals surface area contributed by atoms with Crippen molar-refractivity contribution >= 4 is 11.8 Å². The first kappa shape index (κ1) is 8.96. The highest BCUT2D eigenvalue weighted by atomic mass is 32.2. The number of hydrogen-bond donors (Lipinski definition) is 1. The van der Waals surface area contributed by atoms with Gasteiger partial charge in [-0.15, -0.1) is 12.3 Å². The molecule has 1 aliphatic rings. The molecule has 0 amide bonds. The third-order valence-electron chi connectivity index (χ3n) is 2.36. The third-order valence-corrected chi connectivity index (χ3v) is 3.74. The van der Waals surface area contributed by atoms with E-state index in [1.807, 2.05) is 11.8 Å². The molecule has 1 nitrogen and oxygen atoms in total. The molecule has 1 rings (SSSR count). The molecule has 11 heavy (non-hydrogen) atoms. The van der Waals surface area contributed by atoms with E-state index in [2.05, 4.69) is 12.8 Å². The van der Waals surface area contributed by atoms with E-state index in [0.29, 0.717) is 11.7 Å². The highest BCUT2D eigenvalue weighted by Gasteiger charge is 2.37. The molecular weight excluding hydrogens is 156 g/mol. The van der Waals surface area contributed by atoms with Crippen molar-refractivity contribution in [2.75, 3.05) is 5.75 Å². The zero-order chi connectivity index (χ0) is 8.32. The summed E-state index contributed by atoms with van der Waals surface area (Å²) in [5.74, 6) is 3.64. The Morgan fingerprint density at radius 3 is 3.00 bits per heavy atom. The fourth-order valence-electron chi connectivity index (χ4n) is 1.39. The molecule has 2 atom stereocenters. The fraction of sp³-hybridized carbons (Fsp3) is 0.778. The van der Waals surface area contributed by atoms with Crippen LogP contribution in [0.5, 0.6) is 0 Å². The molecule has 1 heterocycles. The molecule has 1 saturated heterocycles. The Hall–Kier alpha value is -0.130. The second kappa shape index (κ2) is 3.51. The van der Waals surface area contributed by atoms with Crippen LogP contribution in [0.3, 0.4) is 0 Å². The summed E-state index contributed by atoms with van der Waals surface area (Å²) < 4.78 is 0. The van der Waals surface area contributed by atoms with Crippen LogP contribution in [0.25, 0.3) is 0 Å². The van der Waals surface area contributed by atoms with Gasteiger partial charge in [-0.3, -0.25) is 0 Å². The maximum atomic E-state index is 9.97. The zero-order valence-corrected chi connectivity index (χ0v) is 7.66. The molecule has 0 aromatic carbocycles. The van der Waals surface area contributed by atoms with Crippen LogP contribution in [0.15, 0.2) is 0 Å². The molecule has 0 saturated carbocycles. The molecule has 1 aliphatic heterocycles. The fourth-order valence-corrected chi connectivity index (χ4v) is 2.76. The summed E-state index contributed by atoms with van der Waals surface area (Å²) in [5, 5.41) is 10.3. The van der Waals surface area contributed by atoms with Crippen LogP contribution >= 0.6 is 11.8 Å². The van der Waals surface area contributed by atoms with Crippen molar-refractivity contribution < 1.29 is 5.11 Å². The van der Waals surface area contributed by atoms with Crippen molar-refractivity contribution in [3.8, 4) is 12.3 Å². The van der Waals surface area contributed by atoms with Gasteiger partial charge in [-0.2, -0.15) is 11.8 Å². The number of thioether (sulfide) groups is 1. The molecule has 2 heteroatoms. The number of terminal acetylenes is 1. The second-order valence-corrected chi connectivity index (χ2v) is 4.52. The Bertz CT molecular complexity index is 173. The van der Waals surface area contributed by atoms with Crippen LogP contribution in [0, 0.1) is 12.3 Å². The molecule has 0 radical (unpaired) electrons. The second-order valence-electron chi connectivity index (χ2n) is 3.07. The Balaban J connectivity index is 2.45. The van der Waals surface area contributed by atoms with E-state index in [-0.39, 0.29) is 0 Å². The largest absolute Gasteiger partial charge is 0.389 e. The third kappa shape index (κ3) is 1.91. The molecule has 0 aromatic rings. The maximum absolute atomic E-state index is 9.97. The van der Waals surface area contributed by atoms with E-state index in [1.54, 1.807) is 0 Å². The lowest BCUT2D eigenvalue weighted by molar-refractivity contribution is 0.0387. The smallest absolute Gasteiger partial charge is 0.0780 e. The summed E-state index contributed by atoms with van der Waals surface area (Å²) in [6.07, 6.45) is 7.50. The van der Waals surface area contributed by atoms with Crippen molar-refractivity contribution in [2.24, 2.45) is 0 Å². The van der Waals surface area contributed by atoms with Gasteiger partial charge in [-0.1, -0.05) is 6.92 Å². The molecule has 62 valence electrons. The SMILES string of the molecule is C#CCCC1(O)CCSC1C. The van der Waals surface area contributed by atoms with E-state index >= 15 is 0 Å². The zero-order valence-electron chi connectivity index (χ0n) is 6.84. The highest BCUT2D eigenvalue weighted by Crippen LogP contribution is 2.38. The summed E-state index contributed by atoms with van der Waals surface area (Å²) in [6, 6.07) is 0. The monoisotopic (exact) mass is 170 g/mol. The van der Waals surface area contributed by atoms with Gasteiger partial charge < -0.3 is 5.11 Å². The molecule has 1 N–H and O–H groups in total. The minimum Gasteiger partial charge on any atom is -0.389 e. The highest BCUT2D eigenvalue weighted by molar-refractivity contribution is 8.00. The predicted octanol–water partition coefficient (Wildman–Crippen LogP) is 1.66.